The molecule has 0 bridgehead atoms. The second kappa shape index (κ2) is 5.92. The molecule has 0 N–H and O–H groups in total. The summed E-state index contributed by atoms with van der Waals surface area (Å²) in [5.41, 5.74) is 0. The van der Waals surface area contributed by atoms with E-state index in [0.717, 1.165) is 19.4 Å². The van der Waals surface area contributed by atoms with Crippen LogP contribution in [0.4, 0.5) is 0 Å². The highest BCUT2D eigenvalue weighted by molar-refractivity contribution is 8.00. The topological polar surface area (TPSA) is 44.1 Å². The minimum atomic E-state index is 0.192. The van der Waals surface area contributed by atoms with Gasteiger partial charge >= 0.3 is 0 Å². The van der Waals surface area contributed by atoms with E-state index in [0.29, 0.717) is 17.5 Å². The molecule has 14 heavy (non-hydrogen) atoms. The van der Waals surface area contributed by atoms with Crippen molar-refractivity contribution < 1.29 is 4.79 Å². The Morgan fingerprint density at radius 3 is 3.07 bits per heavy atom. The number of piperidine rings is 1. The lowest BCUT2D eigenvalue weighted by molar-refractivity contribution is -0.131. The third-order valence-electron chi connectivity index (χ3n) is 2.52. The lowest BCUT2D eigenvalue weighted by Gasteiger charge is -2.33. The zero-order valence-corrected chi connectivity index (χ0v) is 9.35. The Labute approximate surface area is 89.5 Å². The van der Waals surface area contributed by atoms with Gasteiger partial charge in [-0.3, -0.25) is 4.79 Å². The first-order chi connectivity index (χ1) is 6.75. The number of amides is 1. The zero-order valence-electron chi connectivity index (χ0n) is 8.53. The van der Waals surface area contributed by atoms with Gasteiger partial charge in [0.1, 0.15) is 0 Å². The van der Waals surface area contributed by atoms with Crippen LogP contribution in [0.5, 0.6) is 0 Å². The summed E-state index contributed by atoms with van der Waals surface area (Å²) in [5.74, 6) is 1.06. The van der Waals surface area contributed by atoms with E-state index in [4.69, 9.17) is 5.26 Å². The number of thioether (sulfide) groups is 1. The Morgan fingerprint density at radius 1 is 1.64 bits per heavy atom. The normalized spacial score (nSPS) is 21.7. The molecule has 1 aliphatic rings. The number of nitriles is 1. The molecule has 0 aromatic carbocycles. The Balaban J connectivity index is 2.31. The Morgan fingerprint density at radius 2 is 2.43 bits per heavy atom. The Kier molecular flexibility index (Phi) is 4.81. The van der Waals surface area contributed by atoms with Crippen LogP contribution in [0.3, 0.4) is 0 Å². The number of carbonyl (C=O) groups is 1. The standard InChI is InChI=1S/C10H16N2OS/c1-9-4-2-3-6-12(9)10(13)8-14-7-5-11/h9H,2-4,6-8H2,1H3/t9-/m0/s1. The van der Waals surface area contributed by atoms with Crippen molar-refractivity contribution in [2.45, 2.75) is 32.2 Å². The van der Waals surface area contributed by atoms with E-state index < -0.39 is 0 Å². The molecule has 0 aromatic rings. The molecule has 3 nitrogen and oxygen atoms in total. The minimum absolute atomic E-state index is 0.192. The van der Waals surface area contributed by atoms with Crippen LogP contribution in [0.2, 0.25) is 0 Å². The number of rotatable bonds is 3. The smallest absolute Gasteiger partial charge is 0.232 e. The summed E-state index contributed by atoms with van der Waals surface area (Å²) in [4.78, 5) is 13.6. The van der Waals surface area contributed by atoms with Crippen molar-refractivity contribution >= 4 is 17.7 Å². The van der Waals surface area contributed by atoms with Gasteiger partial charge in [0.15, 0.2) is 0 Å². The highest BCUT2D eigenvalue weighted by atomic mass is 32.2. The van der Waals surface area contributed by atoms with Crippen molar-refractivity contribution in [1.29, 1.82) is 5.26 Å². The zero-order chi connectivity index (χ0) is 10.4. The molecular formula is C10H16N2OS. The van der Waals surface area contributed by atoms with Gasteiger partial charge in [0, 0.05) is 12.6 Å². The molecule has 0 spiro atoms. The highest BCUT2D eigenvalue weighted by Gasteiger charge is 2.22. The molecule has 0 aliphatic carbocycles. The first-order valence-corrected chi connectivity index (χ1v) is 6.15. The molecule has 1 rings (SSSR count). The number of hydrogen-bond donors (Lipinski definition) is 0. The summed E-state index contributed by atoms with van der Waals surface area (Å²) in [6.45, 7) is 3.00. The van der Waals surface area contributed by atoms with Gasteiger partial charge in [-0.1, -0.05) is 0 Å². The number of likely N-dealkylation sites (tertiary alicyclic amines) is 1. The summed E-state index contributed by atoms with van der Waals surface area (Å²) >= 11 is 1.40. The van der Waals surface area contributed by atoms with E-state index in [1.54, 1.807) is 0 Å². The molecule has 1 heterocycles. The third-order valence-corrected chi connectivity index (χ3v) is 3.30. The number of nitrogens with zero attached hydrogens (tertiary/aromatic N) is 2. The van der Waals surface area contributed by atoms with Crippen molar-refractivity contribution in [3.63, 3.8) is 0 Å². The van der Waals surface area contributed by atoms with E-state index >= 15 is 0 Å². The summed E-state index contributed by atoms with van der Waals surface area (Å²) in [6, 6.07) is 2.42. The van der Waals surface area contributed by atoms with Crippen LogP contribution in [-0.4, -0.2) is 34.9 Å². The summed E-state index contributed by atoms with van der Waals surface area (Å²) < 4.78 is 0. The molecule has 1 fully saturated rings. The number of carbonyl (C=O) groups excluding carboxylic acids is 1. The van der Waals surface area contributed by atoms with Gasteiger partial charge in [0.05, 0.1) is 17.6 Å². The quantitative estimate of drug-likeness (QED) is 0.668. The van der Waals surface area contributed by atoms with Crippen LogP contribution in [0, 0.1) is 11.3 Å². The summed E-state index contributed by atoms with van der Waals surface area (Å²) in [5, 5.41) is 8.35. The second-order valence-electron chi connectivity index (χ2n) is 3.58. The molecular weight excluding hydrogens is 196 g/mol. The average molecular weight is 212 g/mol. The van der Waals surface area contributed by atoms with Gasteiger partial charge < -0.3 is 4.90 Å². The van der Waals surface area contributed by atoms with E-state index in [2.05, 4.69) is 6.92 Å². The van der Waals surface area contributed by atoms with Crippen LogP contribution >= 0.6 is 11.8 Å². The van der Waals surface area contributed by atoms with Crippen LogP contribution in [0.15, 0.2) is 0 Å². The van der Waals surface area contributed by atoms with E-state index in [9.17, 15) is 4.79 Å². The van der Waals surface area contributed by atoms with Crippen LogP contribution < -0.4 is 0 Å². The van der Waals surface area contributed by atoms with Gasteiger partial charge in [-0.2, -0.15) is 5.26 Å². The van der Waals surface area contributed by atoms with E-state index in [-0.39, 0.29) is 5.91 Å². The maximum atomic E-state index is 11.7. The van der Waals surface area contributed by atoms with Crippen LogP contribution in [0.25, 0.3) is 0 Å². The van der Waals surface area contributed by atoms with Crippen molar-refractivity contribution in [2.75, 3.05) is 18.1 Å². The fourth-order valence-corrected chi connectivity index (χ4v) is 2.27. The highest BCUT2D eigenvalue weighted by Crippen LogP contribution is 2.17. The minimum Gasteiger partial charge on any atom is -0.339 e. The molecule has 0 saturated carbocycles. The molecule has 78 valence electrons. The maximum absolute atomic E-state index is 11.7. The lowest BCUT2D eigenvalue weighted by atomic mass is 10.0. The predicted octanol–water partition coefficient (Wildman–Crippen LogP) is 1.64. The molecule has 1 atom stereocenters. The fourth-order valence-electron chi connectivity index (χ4n) is 1.74. The predicted molar refractivity (Wildman–Crippen MR) is 58.0 cm³/mol. The van der Waals surface area contributed by atoms with Gasteiger partial charge in [-0.25, -0.2) is 0 Å². The Bertz CT molecular complexity index is 237. The van der Waals surface area contributed by atoms with Crippen LogP contribution in [0.1, 0.15) is 26.2 Å². The molecule has 0 unspecified atom stereocenters. The largest absolute Gasteiger partial charge is 0.339 e. The van der Waals surface area contributed by atoms with Crippen molar-refractivity contribution in [3.05, 3.63) is 0 Å². The third kappa shape index (κ3) is 3.22. The van der Waals surface area contributed by atoms with Crippen molar-refractivity contribution in [1.82, 2.24) is 4.90 Å². The molecule has 0 radical (unpaired) electrons. The fraction of sp³-hybridized carbons (Fsp3) is 0.800. The van der Waals surface area contributed by atoms with Crippen LogP contribution in [-0.2, 0) is 4.79 Å². The first kappa shape index (κ1) is 11.4. The molecule has 1 aliphatic heterocycles. The lowest BCUT2D eigenvalue weighted by Crippen LogP contribution is -2.42. The molecule has 4 heteroatoms. The number of hydrogen-bond acceptors (Lipinski definition) is 3. The van der Waals surface area contributed by atoms with Crippen molar-refractivity contribution in [3.8, 4) is 6.07 Å². The average Bonchev–Trinajstić information content (AvgIpc) is 2.18. The summed E-state index contributed by atoms with van der Waals surface area (Å²) in [6.07, 6.45) is 3.48. The van der Waals surface area contributed by atoms with Gasteiger partial charge in [0.2, 0.25) is 5.91 Å². The second-order valence-corrected chi connectivity index (χ2v) is 4.57. The SMILES string of the molecule is C[C@H]1CCCCN1C(=O)CSCC#N. The first-order valence-electron chi connectivity index (χ1n) is 5.00. The molecule has 1 amide bonds. The molecule has 0 aromatic heterocycles. The maximum Gasteiger partial charge on any atom is 0.232 e. The van der Waals surface area contributed by atoms with Crippen molar-refractivity contribution in [2.24, 2.45) is 0 Å². The van der Waals surface area contributed by atoms with Gasteiger partial charge in [-0.05, 0) is 26.2 Å². The Hall–Kier alpha value is -0.690. The van der Waals surface area contributed by atoms with Gasteiger partial charge in [-0.15, -0.1) is 11.8 Å². The summed E-state index contributed by atoms with van der Waals surface area (Å²) in [7, 11) is 0. The van der Waals surface area contributed by atoms with E-state index in [1.807, 2.05) is 11.0 Å². The monoisotopic (exact) mass is 212 g/mol. The molecule has 1 saturated heterocycles. The van der Waals surface area contributed by atoms with E-state index in [1.165, 1.54) is 18.2 Å². The van der Waals surface area contributed by atoms with Gasteiger partial charge in [0.25, 0.3) is 0 Å².